The van der Waals surface area contributed by atoms with Crippen LogP contribution < -0.4 is 0 Å². The van der Waals surface area contributed by atoms with Crippen LogP contribution in [0.4, 0.5) is 0 Å². The first kappa shape index (κ1) is 9.64. The van der Waals surface area contributed by atoms with E-state index in [1.807, 2.05) is 0 Å². The van der Waals surface area contributed by atoms with Crippen molar-refractivity contribution in [2.24, 2.45) is 0 Å². The van der Waals surface area contributed by atoms with Crippen LogP contribution in [0.3, 0.4) is 0 Å². The van der Waals surface area contributed by atoms with Crippen molar-refractivity contribution in [1.29, 1.82) is 0 Å². The maximum absolute atomic E-state index is 11.8. The molecule has 1 aromatic heterocycles. The Morgan fingerprint density at radius 3 is 3.00 bits per heavy atom. The summed E-state index contributed by atoms with van der Waals surface area (Å²) in [7, 11) is 0. The van der Waals surface area contributed by atoms with Gasteiger partial charge in [0.2, 0.25) is 0 Å². The molecule has 0 spiro atoms. The third-order valence-electron chi connectivity index (χ3n) is 2.53. The summed E-state index contributed by atoms with van der Waals surface area (Å²) in [6, 6.07) is 2.52. The minimum Gasteiger partial charge on any atom is -0.480 e. The third kappa shape index (κ3) is 1.45. The number of hydrogen-bond donors (Lipinski definition) is 1. The molecule has 0 radical (unpaired) electrons. The predicted molar refractivity (Wildman–Crippen MR) is 51.2 cm³/mol. The molecule has 2 rings (SSSR count). The summed E-state index contributed by atoms with van der Waals surface area (Å²) in [5.74, 6) is -1.26. The second kappa shape index (κ2) is 3.34. The van der Waals surface area contributed by atoms with Crippen molar-refractivity contribution >= 4 is 11.9 Å². The fourth-order valence-corrected chi connectivity index (χ4v) is 1.59. The highest BCUT2D eigenvalue weighted by molar-refractivity contribution is 5.99. The van der Waals surface area contributed by atoms with E-state index < -0.39 is 12.0 Å². The van der Waals surface area contributed by atoms with Crippen molar-refractivity contribution in [3.05, 3.63) is 29.6 Å². The number of fused-ring (bicyclic) bond motifs is 1. The van der Waals surface area contributed by atoms with E-state index in [0.717, 1.165) is 0 Å². The topological polar surface area (TPSA) is 70.5 Å². The number of carbonyl (C=O) groups is 2. The van der Waals surface area contributed by atoms with Crippen LogP contribution in [-0.2, 0) is 11.3 Å². The number of pyridine rings is 1. The zero-order valence-electron chi connectivity index (χ0n) is 8.17. The molecule has 5 heteroatoms. The zero-order chi connectivity index (χ0) is 11.0. The van der Waals surface area contributed by atoms with Crippen LogP contribution in [0, 0.1) is 0 Å². The lowest BCUT2D eigenvalue weighted by Gasteiger charge is -2.19. The van der Waals surface area contributed by atoms with E-state index in [0.29, 0.717) is 11.3 Å². The molecule has 78 valence electrons. The van der Waals surface area contributed by atoms with Crippen LogP contribution in [0.5, 0.6) is 0 Å². The molecule has 2 heterocycles. The first-order valence-electron chi connectivity index (χ1n) is 4.59. The van der Waals surface area contributed by atoms with Gasteiger partial charge in [-0.05, 0) is 19.1 Å². The van der Waals surface area contributed by atoms with E-state index in [2.05, 4.69) is 4.98 Å². The summed E-state index contributed by atoms with van der Waals surface area (Å²) in [6.07, 6.45) is 1.60. The van der Waals surface area contributed by atoms with Gasteiger partial charge in [-0.2, -0.15) is 0 Å². The fraction of sp³-hybridized carbons (Fsp3) is 0.300. The van der Waals surface area contributed by atoms with E-state index in [-0.39, 0.29) is 12.5 Å². The Morgan fingerprint density at radius 2 is 2.40 bits per heavy atom. The van der Waals surface area contributed by atoms with Gasteiger partial charge in [0.05, 0.1) is 17.8 Å². The number of rotatable bonds is 2. The molecule has 0 fully saturated rings. The van der Waals surface area contributed by atoms with Crippen LogP contribution >= 0.6 is 0 Å². The smallest absolute Gasteiger partial charge is 0.326 e. The molecule has 0 aromatic carbocycles. The van der Waals surface area contributed by atoms with Crippen molar-refractivity contribution in [2.45, 2.75) is 19.5 Å². The molecule has 1 aliphatic heterocycles. The van der Waals surface area contributed by atoms with Gasteiger partial charge in [-0.1, -0.05) is 0 Å². The van der Waals surface area contributed by atoms with Gasteiger partial charge in [0, 0.05) is 6.20 Å². The fourth-order valence-electron chi connectivity index (χ4n) is 1.59. The summed E-state index contributed by atoms with van der Waals surface area (Å²) >= 11 is 0. The molecule has 1 aliphatic rings. The molecule has 1 atom stereocenters. The standard InChI is InChI=1S/C10H10N2O3/c1-6(10(14)15)12-5-8-7(9(12)13)3-2-4-11-8/h2-4,6H,5H2,1H3,(H,14,15)/t6-/m1/s1. The number of carbonyl (C=O) groups excluding carboxylic acids is 1. The lowest BCUT2D eigenvalue weighted by Crippen LogP contribution is -2.38. The van der Waals surface area contributed by atoms with Gasteiger partial charge in [-0.25, -0.2) is 4.79 Å². The molecule has 0 unspecified atom stereocenters. The molecular weight excluding hydrogens is 196 g/mol. The number of hydrogen-bond acceptors (Lipinski definition) is 3. The molecule has 1 aromatic rings. The SMILES string of the molecule is C[C@H](C(=O)O)N1Cc2ncccc2C1=O. The number of carboxylic acids is 1. The molecule has 15 heavy (non-hydrogen) atoms. The number of nitrogens with zero attached hydrogens (tertiary/aromatic N) is 2. The molecule has 0 saturated carbocycles. The van der Waals surface area contributed by atoms with E-state index in [9.17, 15) is 9.59 Å². The molecular formula is C10H10N2O3. The van der Waals surface area contributed by atoms with Gasteiger partial charge in [0.1, 0.15) is 6.04 Å². The first-order chi connectivity index (χ1) is 7.11. The lowest BCUT2D eigenvalue weighted by molar-refractivity contribution is -0.141. The van der Waals surface area contributed by atoms with Crippen LogP contribution in [-0.4, -0.2) is 32.9 Å². The highest BCUT2D eigenvalue weighted by Crippen LogP contribution is 2.22. The van der Waals surface area contributed by atoms with Crippen LogP contribution in [0.15, 0.2) is 18.3 Å². The lowest BCUT2D eigenvalue weighted by atomic mass is 10.2. The van der Waals surface area contributed by atoms with E-state index in [1.165, 1.54) is 11.8 Å². The van der Waals surface area contributed by atoms with Gasteiger partial charge in [0.25, 0.3) is 5.91 Å². The molecule has 5 nitrogen and oxygen atoms in total. The number of carboxylic acid groups (broad SMARTS) is 1. The largest absolute Gasteiger partial charge is 0.480 e. The number of amides is 1. The van der Waals surface area contributed by atoms with Crippen LogP contribution in [0.1, 0.15) is 23.0 Å². The summed E-state index contributed by atoms with van der Waals surface area (Å²) in [5, 5.41) is 8.82. The average molecular weight is 206 g/mol. The van der Waals surface area contributed by atoms with Crippen molar-refractivity contribution < 1.29 is 14.7 Å². The van der Waals surface area contributed by atoms with Crippen molar-refractivity contribution in [1.82, 2.24) is 9.88 Å². The molecule has 0 bridgehead atoms. The predicted octanol–water partition coefficient (Wildman–Crippen LogP) is 0.510. The number of aliphatic carboxylic acids is 1. The Labute approximate surface area is 86.3 Å². The normalized spacial score (nSPS) is 16.3. The minimum absolute atomic E-state index is 0.256. The summed E-state index contributed by atoms with van der Waals surface area (Å²) < 4.78 is 0. The molecule has 1 amide bonds. The summed E-state index contributed by atoms with van der Waals surface area (Å²) in [5.41, 5.74) is 1.15. The Balaban J connectivity index is 2.31. The van der Waals surface area contributed by atoms with Crippen molar-refractivity contribution in [2.75, 3.05) is 0 Å². The first-order valence-corrected chi connectivity index (χ1v) is 4.59. The molecule has 0 saturated heterocycles. The van der Waals surface area contributed by atoms with Crippen molar-refractivity contribution in [3.63, 3.8) is 0 Å². The summed E-state index contributed by atoms with van der Waals surface area (Å²) in [4.78, 5) is 27.9. The van der Waals surface area contributed by atoms with Crippen LogP contribution in [0.2, 0.25) is 0 Å². The molecule has 0 aliphatic carbocycles. The van der Waals surface area contributed by atoms with Gasteiger partial charge in [0.15, 0.2) is 0 Å². The Kier molecular flexibility index (Phi) is 2.15. The molecule has 1 N–H and O–H groups in total. The highest BCUT2D eigenvalue weighted by Gasteiger charge is 2.34. The van der Waals surface area contributed by atoms with Gasteiger partial charge >= 0.3 is 5.97 Å². The van der Waals surface area contributed by atoms with Gasteiger partial charge in [-0.3, -0.25) is 9.78 Å². The average Bonchev–Trinajstić information content (AvgIpc) is 2.56. The monoisotopic (exact) mass is 206 g/mol. The third-order valence-corrected chi connectivity index (χ3v) is 2.53. The van der Waals surface area contributed by atoms with E-state index >= 15 is 0 Å². The maximum atomic E-state index is 11.8. The van der Waals surface area contributed by atoms with E-state index in [1.54, 1.807) is 18.3 Å². The quantitative estimate of drug-likeness (QED) is 0.765. The van der Waals surface area contributed by atoms with E-state index in [4.69, 9.17) is 5.11 Å². The Bertz CT molecular complexity index is 430. The van der Waals surface area contributed by atoms with Crippen molar-refractivity contribution in [3.8, 4) is 0 Å². The number of aromatic nitrogens is 1. The van der Waals surface area contributed by atoms with Gasteiger partial charge in [-0.15, -0.1) is 0 Å². The van der Waals surface area contributed by atoms with Crippen LogP contribution in [0.25, 0.3) is 0 Å². The minimum atomic E-state index is -1.00. The summed E-state index contributed by atoms with van der Waals surface area (Å²) in [6.45, 7) is 1.77. The highest BCUT2D eigenvalue weighted by atomic mass is 16.4. The second-order valence-corrected chi connectivity index (χ2v) is 3.44. The second-order valence-electron chi connectivity index (χ2n) is 3.44. The maximum Gasteiger partial charge on any atom is 0.326 e. The zero-order valence-corrected chi connectivity index (χ0v) is 8.17. The Hall–Kier alpha value is -1.91. The Morgan fingerprint density at radius 1 is 1.67 bits per heavy atom. The van der Waals surface area contributed by atoms with Gasteiger partial charge < -0.3 is 10.0 Å².